The van der Waals surface area contributed by atoms with Gasteiger partial charge in [0.15, 0.2) is 12.6 Å². The van der Waals surface area contributed by atoms with Gasteiger partial charge in [0.2, 0.25) is 0 Å². The Kier molecular flexibility index (Phi) is 1.83. The third-order valence-corrected chi connectivity index (χ3v) is 1.07. The van der Waals surface area contributed by atoms with Gasteiger partial charge >= 0.3 is 0 Å². The van der Waals surface area contributed by atoms with Crippen molar-refractivity contribution in [1.82, 2.24) is 0 Å². The van der Waals surface area contributed by atoms with Gasteiger partial charge in [0.1, 0.15) is 6.61 Å². The molecule has 3 nitrogen and oxygen atoms in total. The van der Waals surface area contributed by atoms with Gasteiger partial charge in [-0.25, -0.2) is 0 Å². The lowest BCUT2D eigenvalue weighted by molar-refractivity contribution is -0.114. The summed E-state index contributed by atoms with van der Waals surface area (Å²) in [5.74, 6) is 0. The lowest BCUT2D eigenvalue weighted by atomic mass is 10.5. The second-order valence-electron chi connectivity index (χ2n) is 1.76. The Morgan fingerprint density at radius 3 is 2.75 bits per heavy atom. The van der Waals surface area contributed by atoms with Crippen LogP contribution in [-0.4, -0.2) is 24.3 Å². The minimum absolute atomic E-state index is 0.176. The van der Waals surface area contributed by atoms with Crippen LogP contribution >= 0.6 is 0 Å². The minimum atomic E-state index is -0.694. The van der Waals surface area contributed by atoms with E-state index in [2.05, 4.69) is 0 Å². The zero-order chi connectivity index (χ0) is 5.98. The van der Waals surface area contributed by atoms with Crippen LogP contribution in [0.2, 0.25) is 0 Å². The molecule has 1 fully saturated rings. The fourth-order valence-electron chi connectivity index (χ4n) is 0.657. The molecule has 1 saturated heterocycles. The van der Waals surface area contributed by atoms with Crippen molar-refractivity contribution < 1.29 is 14.6 Å². The molecule has 3 heteroatoms. The van der Waals surface area contributed by atoms with E-state index in [1.54, 1.807) is 0 Å². The normalized spacial score (nSPS) is 38.2. The SMILES string of the molecule is CC[C@H]1OCC(O)O1. The molecule has 48 valence electrons. The Hall–Kier alpha value is -0.120. The van der Waals surface area contributed by atoms with Crippen LogP contribution in [0.25, 0.3) is 0 Å². The van der Waals surface area contributed by atoms with Gasteiger partial charge in [0.05, 0.1) is 0 Å². The summed E-state index contributed by atoms with van der Waals surface area (Å²) >= 11 is 0. The van der Waals surface area contributed by atoms with Gasteiger partial charge in [-0.15, -0.1) is 0 Å². The third-order valence-electron chi connectivity index (χ3n) is 1.07. The molecule has 0 radical (unpaired) electrons. The summed E-state index contributed by atoms with van der Waals surface area (Å²) in [6.45, 7) is 2.27. The predicted octanol–water partition coefficient (Wildman–Crippen LogP) is 0.0877. The summed E-state index contributed by atoms with van der Waals surface area (Å²) in [6.07, 6.45) is -0.0678. The molecule has 0 amide bonds. The molecule has 0 aromatic heterocycles. The largest absolute Gasteiger partial charge is 0.366 e. The fraction of sp³-hybridized carbons (Fsp3) is 1.00. The van der Waals surface area contributed by atoms with Crippen molar-refractivity contribution >= 4 is 0 Å². The van der Waals surface area contributed by atoms with Crippen LogP contribution < -0.4 is 0 Å². The highest BCUT2D eigenvalue weighted by Gasteiger charge is 2.21. The van der Waals surface area contributed by atoms with Gasteiger partial charge in [0.25, 0.3) is 0 Å². The smallest absolute Gasteiger partial charge is 0.181 e. The first-order chi connectivity index (χ1) is 3.83. The molecular formula is C5H10O3. The van der Waals surface area contributed by atoms with E-state index in [1.807, 2.05) is 6.92 Å². The molecule has 8 heavy (non-hydrogen) atoms. The summed E-state index contributed by atoms with van der Waals surface area (Å²) in [5, 5.41) is 8.68. The minimum Gasteiger partial charge on any atom is -0.366 e. The van der Waals surface area contributed by atoms with E-state index < -0.39 is 6.29 Å². The molecule has 1 heterocycles. The second-order valence-corrected chi connectivity index (χ2v) is 1.76. The first-order valence-electron chi connectivity index (χ1n) is 2.78. The molecule has 0 spiro atoms. The van der Waals surface area contributed by atoms with Crippen LogP contribution in [0.15, 0.2) is 0 Å². The van der Waals surface area contributed by atoms with Crippen LogP contribution in [0.3, 0.4) is 0 Å². The highest BCUT2D eigenvalue weighted by atomic mass is 16.8. The first kappa shape index (κ1) is 6.01. The van der Waals surface area contributed by atoms with Crippen LogP contribution in [0.1, 0.15) is 13.3 Å². The zero-order valence-corrected chi connectivity index (χ0v) is 4.83. The molecule has 0 aromatic rings. The van der Waals surface area contributed by atoms with Crippen molar-refractivity contribution in [3.8, 4) is 0 Å². The van der Waals surface area contributed by atoms with Crippen LogP contribution in [0.4, 0.5) is 0 Å². The standard InChI is InChI=1S/C5H10O3/c1-2-5-7-3-4(6)8-5/h4-6H,2-3H2,1H3/t4?,5-/m0/s1. The number of rotatable bonds is 1. The lowest BCUT2D eigenvalue weighted by Gasteiger charge is -2.02. The quantitative estimate of drug-likeness (QED) is 0.530. The maximum atomic E-state index is 8.68. The van der Waals surface area contributed by atoms with E-state index in [0.29, 0.717) is 6.61 Å². The van der Waals surface area contributed by atoms with Gasteiger partial charge in [-0.05, 0) is 6.42 Å². The number of hydrogen-bond acceptors (Lipinski definition) is 3. The Bertz CT molecular complexity index is 74.1. The van der Waals surface area contributed by atoms with Gasteiger partial charge in [-0.1, -0.05) is 6.92 Å². The number of ether oxygens (including phenoxy) is 2. The molecule has 0 saturated carbocycles. The molecule has 1 rings (SSSR count). The summed E-state index contributed by atoms with van der Waals surface area (Å²) in [6, 6.07) is 0. The van der Waals surface area contributed by atoms with Crippen molar-refractivity contribution in [2.24, 2.45) is 0 Å². The van der Waals surface area contributed by atoms with Crippen molar-refractivity contribution in [3.63, 3.8) is 0 Å². The number of aliphatic hydroxyl groups excluding tert-OH is 1. The van der Waals surface area contributed by atoms with E-state index in [4.69, 9.17) is 14.6 Å². The summed E-state index contributed by atoms with van der Waals surface area (Å²) < 4.78 is 9.79. The summed E-state index contributed by atoms with van der Waals surface area (Å²) in [4.78, 5) is 0. The van der Waals surface area contributed by atoms with E-state index in [1.165, 1.54) is 0 Å². The zero-order valence-electron chi connectivity index (χ0n) is 4.83. The molecule has 1 N–H and O–H groups in total. The molecule has 2 atom stereocenters. The Labute approximate surface area is 48.2 Å². The van der Waals surface area contributed by atoms with Crippen LogP contribution in [-0.2, 0) is 9.47 Å². The van der Waals surface area contributed by atoms with Crippen molar-refractivity contribution in [2.75, 3.05) is 6.61 Å². The Morgan fingerprint density at radius 2 is 2.50 bits per heavy atom. The molecule has 1 aliphatic rings. The van der Waals surface area contributed by atoms with Crippen LogP contribution in [0, 0.1) is 0 Å². The maximum Gasteiger partial charge on any atom is 0.181 e. The summed E-state index contributed by atoms with van der Waals surface area (Å²) in [7, 11) is 0. The number of hydrogen-bond donors (Lipinski definition) is 1. The van der Waals surface area contributed by atoms with E-state index in [-0.39, 0.29) is 6.29 Å². The van der Waals surface area contributed by atoms with Gasteiger partial charge in [-0.2, -0.15) is 0 Å². The van der Waals surface area contributed by atoms with E-state index in [0.717, 1.165) is 6.42 Å². The van der Waals surface area contributed by atoms with Crippen molar-refractivity contribution in [1.29, 1.82) is 0 Å². The molecule has 0 aromatic carbocycles. The van der Waals surface area contributed by atoms with E-state index >= 15 is 0 Å². The monoisotopic (exact) mass is 118 g/mol. The molecule has 0 bridgehead atoms. The first-order valence-corrected chi connectivity index (χ1v) is 2.78. The molecule has 1 unspecified atom stereocenters. The Balaban J connectivity index is 2.22. The Morgan fingerprint density at radius 1 is 1.75 bits per heavy atom. The van der Waals surface area contributed by atoms with Gasteiger partial charge < -0.3 is 14.6 Å². The highest BCUT2D eigenvalue weighted by Crippen LogP contribution is 2.10. The number of aliphatic hydroxyl groups is 1. The average molecular weight is 118 g/mol. The third kappa shape index (κ3) is 1.18. The maximum absolute atomic E-state index is 8.68. The highest BCUT2D eigenvalue weighted by molar-refractivity contribution is 4.51. The molecule has 0 aliphatic carbocycles. The predicted molar refractivity (Wildman–Crippen MR) is 27.1 cm³/mol. The topological polar surface area (TPSA) is 38.7 Å². The van der Waals surface area contributed by atoms with Gasteiger partial charge in [-0.3, -0.25) is 0 Å². The lowest BCUT2D eigenvalue weighted by Crippen LogP contribution is -2.09. The van der Waals surface area contributed by atoms with Crippen molar-refractivity contribution in [2.45, 2.75) is 25.9 Å². The van der Waals surface area contributed by atoms with Gasteiger partial charge in [0, 0.05) is 0 Å². The molecule has 1 aliphatic heterocycles. The van der Waals surface area contributed by atoms with Crippen LogP contribution in [0.5, 0.6) is 0 Å². The van der Waals surface area contributed by atoms with E-state index in [9.17, 15) is 0 Å². The molecular weight excluding hydrogens is 108 g/mol. The summed E-state index contributed by atoms with van der Waals surface area (Å²) in [5.41, 5.74) is 0. The second kappa shape index (κ2) is 2.44. The fourth-order valence-corrected chi connectivity index (χ4v) is 0.657. The average Bonchev–Trinajstić information content (AvgIpc) is 2.14. The van der Waals surface area contributed by atoms with Crippen molar-refractivity contribution in [3.05, 3.63) is 0 Å².